The molecule has 1 aromatic rings. The molecule has 0 radical (unpaired) electrons. The topological polar surface area (TPSA) is 73.1 Å². The normalized spacial score (nSPS) is 19.4. The van der Waals surface area contributed by atoms with E-state index in [9.17, 15) is 0 Å². The van der Waals surface area contributed by atoms with Gasteiger partial charge >= 0.3 is 0 Å². The second-order valence-corrected chi connectivity index (χ2v) is 5.21. The Morgan fingerprint density at radius 2 is 2.29 bits per heavy atom. The monoisotopic (exact) mass is 256 g/mol. The molecule has 0 aliphatic carbocycles. The highest BCUT2D eigenvalue weighted by Gasteiger charge is 2.28. The van der Waals surface area contributed by atoms with Crippen LogP contribution in [-0.4, -0.2) is 22.8 Å². The molecule has 6 heteroatoms. The van der Waals surface area contributed by atoms with E-state index in [0.717, 1.165) is 44.6 Å². The van der Waals surface area contributed by atoms with Crippen LogP contribution in [0.5, 0.6) is 0 Å². The van der Waals surface area contributed by atoms with Gasteiger partial charge in [-0.1, -0.05) is 17.8 Å². The second-order valence-electron chi connectivity index (χ2n) is 4.43. The van der Waals surface area contributed by atoms with Gasteiger partial charge in [0.1, 0.15) is 0 Å². The number of hydrogen-bond acceptors (Lipinski definition) is 6. The number of hydrazine groups is 1. The van der Waals surface area contributed by atoms with Crippen molar-refractivity contribution in [3.8, 4) is 0 Å². The summed E-state index contributed by atoms with van der Waals surface area (Å²) in [6.07, 6.45) is 4.17. The van der Waals surface area contributed by atoms with E-state index in [0.29, 0.717) is 5.92 Å². The van der Waals surface area contributed by atoms with Crippen molar-refractivity contribution in [3.63, 3.8) is 0 Å². The predicted molar refractivity (Wildman–Crippen MR) is 67.5 cm³/mol. The summed E-state index contributed by atoms with van der Waals surface area (Å²) in [5.41, 5.74) is 4.05. The molecule has 1 aromatic heterocycles. The van der Waals surface area contributed by atoms with E-state index in [2.05, 4.69) is 21.9 Å². The van der Waals surface area contributed by atoms with Crippen LogP contribution in [0.4, 0.5) is 0 Å². The van der Waals surface area contributed by atoms with Crippen LogP contribution in [0.3, 0.4) is 0 Å². The first-order valence-electron chi connectivity index (χ1n) is 6.21. The molecular weight excluding hydrogens is 236 g/mol. The Morgan fingerprint density at radius 1 is 1.53 bits per heavy atom. The third kappa shape index (κ3) is 3.01. The van der Waals surface area contributed by atoms with Gasteiger partial charge in [-0.05, 0) is 36.7 Å². The molecule has 0 saturated carbocycles. The Labute approximate surface area is 106 Å². The largest absolute Gasteiger partial charge is 0.381 e. The molecule has 1 atom stereocenters. The van der Waals surface area contributed by atoms with Gasteiger partial charge in [0.05, 0.1) is 16.6 Å². The van der Waals surface area contributed by atoms with E-state index in [-0.39, 0.29) is 6.04 Å². The summed E-state index contributed by atoms with van der Waals surface area (Å²) in [4.78, 5) is 1.21. The summed E-state index contributed by atoms with van der Waals surface area (Å²) >= 11 is 1.47. The maximum absolute atomic E-state index is 5.72. The smallest absolute Gasteiger partial charge is 0.0804 e. The van der Waals surface area contributed by atoms with Crippen LogP contribution in [0.25, 0.3) is 0 Å². The summed E-state index contributed by atoms with van der Waals surface area (Å²) < 4.78 is 9.46. The van der Waals surface area contributed by atoms with Crippen molar-refractivity contribution < 1.29 is 4.74 Å². The minimum Gasteiger partial charge on any atom is -0.381 e. The van der Waals surface area contributed by atoms with Crippen molar-refractivity contribution in [2.75, 3.05) is 13.2 Å². The number of nitrogens with two attached hydrogens (primary N) is 1. The zero-order valence-electron chi connectivity index (χ0n) is 10.2. The zero-order chi connectivity index (χ0) is 12.1. The minimum absolute atomic E-state index is 0.181. The van der Waals surface area contributed by atoms with Crippen molar-refractivity contribution in [1.29, 1.82) is 0 Å². The highest BCUT2D eigenvalue weighted by atomic mass is 32.1. The predicted octanol–water partition coefficient (Wildman–Crippen LogP) is 1.42. The lowest BCUT2D eigenvalue weighted by Crippen LogP contribution is -2.36. The van der Waals surface area contributed by atoms with Crippen LogP contribution in [0.15, 0.2) is 0 Å². The molecule has 0 spiro atoms. The third-order valence-corrected chi connectivity index (χ3v) is 4.12. The molecule has 5 nitrogen and oxygen atoms in total. The SMILES string of the molecule is CCCc1nnsc1C(NN)C1CCOCC1. The van der Waals surface area contributed by atoms with Crippen molar-refractivity contribution in [2.24, 2.45) is 11.8 Å². The summed E-state index contributed by atoms with van der Waals surface area (Å²) in [6.45, 7) is 3.82. The molecule has 0 amide bonds. The third-order valence-electron chi connectivity index (χ3n) is 3.27. The van der Waals surface area contributed by atoms with E-state index >= 15 is 0 Å². The fourth-order valence-corrected chi connectivity index (χ4v) is 3.19. The quantitative estimate of drug-likeness (QED) is 0.616. The minimum atomic E-state index is 0.181. The van der Waals surface area contributed by atoms with E-state index in [4.69, 9.17) is 10.6 Å². The van der Waals surface area contributed by atoms with Crippen LogP contribution in [-0.2, 0) is 11.2 Å². The van der Waals surface area contributed by atoms with E-state index in [1.165, 1.54) is 16.4 Å². The molecule has 2 heterocycles. The van der Waals surface area contributed by atoms with Gasteiger partial charge in [-0.3, -0.25) is 11.3 Å². The number of nitrogens with zero attached hydrogens (tertiary/aromatic N) is 2. The van der Waals surface area contributed by atoms with Crippen molar-refractivity contribution in [3.05, 3.63) is 10.6 Å². The molecule has 0 bridgehead atoms. The van der Waals surface area contributed by atoms with Gasteiger partial charge in [0.2, 0.25) is 0 Å². The van der Waals surface area contributed by atoms with E-state index < -0.39 is 0 Å². The standard InChI is InChI=1S/C11H20N4OS/c1-2-3-9-11(17-15-14-9)10(13-12)8-4-6-16-7-5-8/h8,10,13H,2-7,12H2,1H3. The maximum Gasteiger partial charge on any atom is 0.0804 e. The van der Waals surface area contributed by atoms with Crippen molar-refractivity contribution >= 4 is 11.5 Å². The summed E-state index contributed by atoms with van der Waals surface area (Å²) in [5.74, 6) is 6.25. The fourth-order valence-electron chi connectivity index (χ4n) is 2.34. The van der Waals surface area contributed by atoms with Gasteiger partial charge in [-0.15, -0.1) is 5.10 Å². The van der Waals surface area contributed by atoms with Crippen LogP contribution < -0.4 is 11.3 Å². The zero-order valence-corrected chi connectivity index (χ0v) is 11.0. The average Bonchev–Trinajstić information content (AvgIpc) is 2.81. The van der Waals surface area contributed by atoms with E-state index in [1.807, 2.05) is 0 Å². The first-order chi connectivity index (χ1) is 8.36. The van der Waals surface area contributed by atoms with Gasteiger partial charge in [-0.25, -0.2) is 0 Å². The molecule has 1 aliphatic heterocycles. The Kier molecular flexibility index (Phi) is 4.85. The number of aryl methyl sites for hydroxylation is 1. The Hall–Kier alpha value is -0.560. The van der Waals surface area contributed by atoms with Crippen LogP contribution in [0.2, 0.25) is 0 Å². The molecular formula is C11H20N4OS. The molecule has 1 saturated heterocycles. The van der Waals surface area contributed by atoms with Crippen molar-refractivity contribution in [2.45, 2.75) is 38.6 Å². The molecule has 2 rings (SSSR count). The molecule has 17 heavy (non-hydrogen) atoms. The van der Waals surface area contributed by atoms with E-state index in [1.54, 1.807) is 0 Å². The van der Waals surface area contributed by atoms with Gasteiger partial charge < -0.3 is 4.74 Å². The fraction of sp³-hybridized carbons (Fsp3) is 0.818. The second kappa shape index (κ2) is 6.39. The molecule has 1 fully saturated rings. The van der Waals surface area contributed by atoms with Gasteiger partial charge in [0.25, 0.3) is 0 Å². The van der Waals surface area contributed by atoms with Crippen LogP contribution in [0.1, 0.15) is 42.8 Å². The Balaban J connectivity index is 2.12. The number of ether oxygens (including phenoxy) is 1. The van der Waals surface area contributed by atoms with Crippen molar-refractivity contribution in [1.82, 2.24) is 15.0 Å². The average molecular weight is 256 g/mol. The molecule has 3 N–H and O–H groups in total. The van der Waals surface area contributed by atoms with Gasteiger partial charge in [0.15, 0.2) is 0 Å². The Morgan fingerprint density at radius 3 is 2.94 bits per heavy atom. The highest BCUT2D eigenvalue weighted by Crippen LogP contribution is 2.32. The first-order valence-corrected chi connectivity index (χ1v) is 6.99. The number of hydrogen-bond donors (Lipinski definition) is 2. The number of rotatable bonds is 5. The maximum atomic E-state index is 5.72. The number of aromatic nitrogens is 2. The van der Waals surface area contributed by atoms with Gasteiger partial charge in [0, 0.05) is 13.2 Å². The molecule has 0 aromatic carbocycles. The molecule has 96 valence electrons. The lowest BCUT2D eigenvalue weighted by Gasteiger charge is -2.29. The summed E-state index contributed by atoms with van der Waals surface area (Å²) in [7, 11) is 0. The summed E-state index contributed by atoms with van der Waals surface area (Å²) in [5, 5.41) is 4.21. The number of nitrogens with one attached hydrogen (secondary N) is 1. The lowest BCUT2D eigenvalue weighted by atomic mass is 9.90. The molecule has 1 unspecified atom stereocenters. The molecule has 1 aliphatic rings. The highest BCUT2D eigenvalue weighted by molar-refractivity contribution is 7.05. The first kappa shape index (κ1) is 12.9. The Bertz CT molecular complexity index is 338. The summed E-state index contributed by atoms with van der Waals surface area (Å²) in [6, 6.07) is 0.181. The lowest BCUT2D eigenvalue weighted by molar-refractivity contribution is 0.0539. The van der Waals surface area contributed by atoms with Crippen LogP contribution >= 0.6 is 11.5 Å². The van der Waals surface area contributed by atoms with Crippen LogP contribution in [0, 0.1) is 5.92 Å². The van der Waals surface area contributed by atoms with Gasteiger partial charge in [-0.2, -0.15) is 0 Å².